The standard InChI is InChI=1S/C16H18N2/c1-4-9-14(10-5-2)13-18-16(17-3)15-11-7-6-8-12-15/h4-12H,1,3,13H2,2H3/b10-5-,14-9+,18-16?. The molecule has 0 spiro atoms. The fraction of sp³-hybridized carbons (Fsp3) is 0.125. The van der Waals surface area contributed by atoms with Crippen LogP contribution in [0.4, 0.5) is 0 Å². The fourth-order valence-corrected chi connectivity index (χ4v) is 1.51. The van der Waals surface area contributed by atoms with Gasteiger partial charge in [0, 0.05) is 5.56 Å². The van der Waals surface area contributed by atoms with Crippen molar-refractivity contribution in [3.05, 3.63) is 72.4 Å². The van der Waals surface area contributed by atoms with Gasteiger partial charge in [0.2, 0.25) is 0 Å². The summed E-state index contributed by atoms with van der Waals surface area (Å²) < 4.78 is 0. The van der Waals surface area contributed by atoms with Gasteiger partial charge < -0.3 is 0 Å². The second-order valence-electron chi connectivity index (χ2n) is 3.64. The van der Waals surface area contributed by atoms with Crippen molar-refractivity contribution in [2.75, 3.05) is 6.54 Å². The molecule has 1 rings (SSSR count). The van der Waals surface area contributed by atoms with E-state index in [0.29, 0.717) is 12.4 Å². The van der Waals surface area contributed by atoms with Gasteiger partial charge in [-0.15, -0.1) is 0 Å². The van der Waals surface area contributed by atoms with Crippen LogP contribution >= 0.6 is 0 Å². The van der Waals surface area contributed by atoms with E-state index >= 15 is 0 Å². The number of amidine groups is 1. The number of hydrogen-bond donors (Lipinski definition) is 0. The molecule has 0 radical (unpaired) electrons. The summed E-state index contributed by atoms with van der Waals surface area (Å²) in [5, 5.41) is 0. The molecule has 1 aromatic carbocycles. The van der Waals surface area contributed by atoms with Crippen LogP contribution in [0.25, 0.3) is 0 Å². The van der Waals surface area contributed by atoms with Crippen molar-refractivity contribution in [3.8, 4) is 0 Å². The largest absolute Gasteiger partial charge is 0.261 e. The molecular formula is C16H18N2. The van der Waals surface area contributed by atoms with Crippen molar-refractivity contribution in [1.29, 1.82) is 0 Å². The summed E-state index contributed by atoms with van der Waals surface area (Å²) in [7, 11) is 0. The number of allylic oxidation sites excluding steroid dienone is 3. The Morgan fingerprint density at radius 1 is 1.28 bits per heavy atom. The third kappa shape index (κ3) is 4.34. The molecule has 2 nitrogen and oxygen atoms in total. The van der Waals surface area contributed by atoms with Crippen LogP contribution < -0.4 is 0 Å². The first kappa shape index (κ1) is 13.8. The molecule has 0 bridgehead atoms. The van der Waals surface area contributed by atoms with Crippen molar-refractivity contribution in [3.63, 3.8) is 0 Å². The third-order valence-electron chi connectivity index (χ3n) is 2.31. The number of nitrogens with zero attached hydrogens (tertiary/aromatic N) is 2. The number of rotatable bonds is 5. The summed E-state index contributed by atoms with van der Waals surface area (Å²) in [6.45, 7) is 9.81. The van der Waals surface area contributed by atoms with Gasteiger partial charge in [-0.1, -0.05) is 61.2 Å². The molecule has 0 unspecified atom stereocenters. The van der Waals surface area contributed by atoms with E-state index in [1.54, 1.807) is 6.08 Å². The highest BCUT2D eigenvalue weighted by atomic mass is 14.9. The van der Waals surface area contributed by atoms with Crippen molar-refractivity contribution in [1.82, 2.24) is 0 Å². The molecule has 0 atom stereocenters. The van der Waals surface area contributed by atoms with Gasteiger partial charge in [-0.3, -0.25) is 4.99 Å². The Labute approximate surface area is 109 Å². The molecule has 0 N–H and O–H groups in total. The molecule has 0 amide bonds. The average molecular weight is 238 g/mol. The molecule has 0 saturated heterocycles. The summed E-state index contributed by atoms with van der Waals surface area (Å²) in [6, 6.07) is 9.83. The zero-order chi connectivity index (χ0) is 13.2. The lowest BCUT2D eigenvalue weighted by atomic mass is 10.2. The van der Waals surface area contributed by atoms with Crippen molar-refractivity contribution in [2.45, 2.75) is 6.92 Å². The predicted molar refractivity (Wildman–Crippen MR) is 80.5 cm³/mol. The number of hydrogen-bond acceptors (Lipinski definition) is 1. The first-order valence-electron chi connectivity index (χ1n) is 5.82. The molecule has 18 heavy (non-hydrogen) atoms. The first-order chi connectivity index (χ1) is 8.81. The lowest BCUT2D eigenvalue weighted by Crippen LogP contribution is -1.98. The van der Waals surface area contributed by atoms with Crippen LogP contribution in [0.15, 0.2) is 76.8 Å². The van der Waals surface area contributed by atoms with Crippen LogP contribution in [0.3, 0.4) is 0 Å². The van der Waals surface area contributed by atoms with Crippen LogP contribution in [0.5, 0.6) is 0 Å². The zero-order valence-corrected chi connectivity index (χ0v) is 10.7. The Balaban J connectivity index is 2.90. The maximum atomic E-state index is 4.47. The Morgan fingerprint density at radius 3 is 2.56 bits per heavy atom. The maximum Gasteiger partial charge on any atom is 0.154 e. The molecule has 0 heterocycles. The molecule has 0 aliphatic carbocycles. The number of benzene rings is 1. The summed E-state index contributed by atoms with van der Waals surface area (Å²) in [5.74, 6) is 0.662. The van der Waals surface area contributed by atoms with E-state index in [1.807, 2.05) is 55.5 Å². The lowest BCUT2D eigenvalue weighted by Gasteiger charge is -2.01. The van der Waals surface area contributed by atoms with Gasteiger partial charge in [0.15, 0.2) is 5.84 Å². The highest BCUT2D eigenvalue weighted by Crippen LogP contribution is 2.05. The van der Waals surface area contributed by atoms with Crippen molar-refractivity contribution >= 4 is 12.6 Å². The molecular weight excluding hydrogens is 220 g/mol. The minimum Gasteiger partial charge on any atom is -0.261 e. The Kier molecular flexibility index (Phi) is 6.12. The van der Waals surface area contributed by atoms with Gasteiger partial charge >= 0.3 is 0 Å². The normalized spacial score (nSPS) is 12.7. The topological polar surface area (TPSA) is 24.7 Å². The highest BCUT2D eigenvalue weighted by Gasteiger charge is 1.99. The van der Waals surface area contributed by atoms with E-state index in [4.69, 9.17) is 0 Å². The molecule has 0 saturated carbocycles. The highest BCUT2D eigenvalue weighted by molar-refractivity contribution is 6.01. The van der Waals surface area contributed by atoms with Gasteiger partial charge in [0.25, 0.3) is 0 Å². The Morgan fingerprint density at radius 2 is 2.00 bits per heavy atom. The van der Waals surface area contributed by atoms with E-state index in [2.05, 4.69) is 23.3 Å². The minimum atomic E-state index is 0.569. The van der Waals surface area contributed by atoms with E-state index < -0.39 is 0 Å². The summed E-state index contributed by atoms with van der Waals surface area (Å²) in [5.41, 5.74) is 2.07. The van der Waals surface area contributed by atoms with Gasteiger partial charge in [-0.2, -0.15) is 0 Å². The lowest BCUT2D eigenvalue weighted by molar-refractivity contribution is 1.17. The van der Waals surface area contributed by atoms with E-state index in [9.17, 15) is 0 Å². The average Bonchev–Trinajstić information content (AvgIpc) is 2.41. The van der Waals surface area contributed by atoms with Gasteiger partial charge in [-0.25, -0.2) is 4.99 Å². The second kappa shape index (κ2) is 7.96. The molecule has 1 aromatic rings. The van der Waals surface area contributed by atoms with Crippen LogP contribution in [0.1, 0.15) is 12.5 Å². The monoisotopic (exact) mass is 238 g/mol. The van der Waals surface area contributed by atoms with Crippen LogP contribution in [-0.4, -0.2) is 19.1 Å². The van der Waals surface area contributed by atoms with Crippen LogP contribution in [0.2, 0.25) is 0 Å². The zero-order valence-electron chi connectivity index (χ0n) is 10.7. The van der Waals surface area contributed by atoms with E-state index in [0.717, 1.165) is 11.1 Å². The minimum absolute atomic E-state index is 0.569. The quantitative estimate of drug-likeness (QED) is 0.423. The Bertz CT molecular complexity index is 479. The van der Waals surface area contributed by atoms with E-state index in [1.165, 1.54) is 0 Å². The van der Waals surface area contributed by atoms with Crippen LogP contribution in [-0.2, 0) is 0 Å². The van der Waals surface area contributed by atoms with E-state index in [-0.39, 0.29) is 0 Å². The molecule has 0 fully saturated rings. The summed E-state index contributed by atoms with van der Waals surface area (Å²) >= 11 is 0. The van der Waals surface area contributed by atoms with Gasteiger partial charge in [0.1, 0.15) is 0 Å². The Hall–Kier alpha value is -2.22. The smallest absolute Gasteiger partial charge is 0.154 e. The predicted octanol–water partition coefficient (Wildman–Crippen LogP) is 3.82. The molecule has 92 valence electrons. The SMILES string of the molecule is C=C/C=C(\C=C/C)CN=C(N=C)c1ccccc1. The molecule has 0 aliphatic rings. The first-order valence-corrected chi connectivity index (χ1v) is 5.82. The fourth-order valence-electron chi connectivity index (χ4n) is 1.51. The van der Waals surface area contributed by atoms with Gasteiger partial charge in [0.05, 0.1) is 6.54 Å². The molecule has 2 heteroatoms. The maximum absolute atomic E-state index is 4.47. The second-order valence-corrected chi connectivity index (χ2v) is 3.64. The summed E-state index contributed by atoms with van der Waals surface area (Å²) in [4.78, 5) is 8.44. The number of aliphatic imine (C=N–C) groups is 2. The molecule has 0 aliphatic heterocycles. The third-order valence-corrected chi connectivity index (χ3v) is 2.31. The van der Waals surface area contributed by atoms with Crippen molar-refractivity contribution in [2.24, 2.45) is 9.98 Å². The van der Waals surface area contributed by atoms with Crippen LogP contribution in [0, 0.1) is 0 Å². The van der Waals surface area contributed by atoms with Gasteiger partial charge in [-0.05, 0) is 19.2 Å². The molecule has 0 aromatic heterocycles. The summed E-state index contributed by atoms with van der Waals surface area (Å²) in [6.07, 6.45) is 7.69. The van der Waals surface area contributed by atoms with Crippen molar-refractivity contribution < 1.29 is 0 Å².